The summed E-state index contributed by atoms with van der Waals surface area (Å²) < 4.78 is 12.6. The summed E-state index contributed by atoms with van der Waals surface area (Å²) in [6.07, 6.45) is 2.48. The maximum absolute atomic E-state index is 12.6. The molecule has 82 valence electrons. The molecule has 0 aliphatic rings. The summed E-state index contributed by atoms with van der Waals surface area (Å²) in [7, 11) is 0. The number of hydrogen-bond acceptors (Lipinski definition) is 3. The molecule has 1 amide bonds. The number of H-pyrrole nitrogens is 1. The first kappa shape index (κ1) is 10.2. The van der Waals surface area contributed by atoms with E-state index < -0.39 is 11.7 Å². The Labute approximate surface area is 90.0 Å². The molecule has 0 fully saturated rings. The second-order valence-corrected chi connectivity index (χ2v) is 3.06. The number of anilines is 1. The molecule has 5 nitrogen and oxygen atoms in total. The van der Waals surface area contributed by atoms with E-state index in [2.05, 4.69) is 15.3 Å². The fourth-order valence-electron chi connectivity index (χ4n) is 1.17. The van der Waals surface area contributed by atoms with E-state index in [9.17, 15) is 14.3 Å². The van der Waals surface area contributed by atoms with Crippen LogP contribution in [0.4, 0.5) is 10.2 Å². The molecule has 0 unspecified atom stereocenters. The van der Waals surface area contributed by atoms with Gasteiger partial charge in [0.1, 0.15) is 11.5 Å². The summed E-state index contributed by atoms with van der Waals surface area (Å²) in [6.45, 7) is 0. The van der Waals surface area contributed by atoms with Crippen molar-refractivity contribution in [2.45, 2.75) is 0 Å². The first-order valence-corrected chi connectivity index (χ1v) is 4.46. The second-order valence-electron chi connectivity index (χ2n) is 3.06. The van der Waals surface area contributed by atoms with Gasteiger partial charge in [-0.3, -0.25) is 4.79 Å². The molecule has 0 saturated heterocycles. The maximum atomic E-state index is 12.6. The first-order chi connectivity index (χ1) is 7.66. The summed E-state index contributed by atoms with van der Waals surface area (Å²) in [6, 6.07) is 3.96. The summed E-state index contributed by atoms with van der Waals surface area (Å²) in [5.74, 6) is -1.22. The highest BCUT2D eigenvalue weighted by Crippen LogP contribution is 2.18. The van der Waals surface area contributed by atoms with E-state index in [0.29, 0.717) is 0 Å². The lowest BCUT2D eigenvalue weighted by molar-refractivity contribution is 0.102. The molecular formula is C10H8FN3O2. The molecular weight excluding hydrogens is 213 g/mol. The molecule has 2 heterocycles. The zero-order valence-corrected chi connectivity index (χ0v) is 8.07. The number of halogens is 1. The lowest BCUT2D eigenvalue weighted by Gasteiger charge is -2.03. The molecule has 2 rings (SSSR count). The van der Waals surface area contributed by atoms with Gasteiger partial charge in [0.15, 0.2) is 11.6 Å². The van der Waals surface area contributed by atoms with E-state index in [4.69, 9.17) is 0 Å². The van der Waals surface area contributed by atoms with E-state index in [-0.39, 0.29) is 17.3 Å². The number of nitrogens with one attached hydrogen (secondary N) is 2. The van der Waals surface area contributed by atoms with Crippen LogP contribution in [-0.2, 0) is 0 Å². The van der Waals surface area contributed by atoms with Gasteiger partial charge in [-0.2, -0.15) is 0 Å². The SMILES string of the molecule is O=C(Nc1ncccc1O)c1cc(F)c[nH]1. The fraction of sp³-hybridized carbons (Fsp3) is 0. The topological polar surface area (TPSA) is 78.0 Å². The van der Waals surface area contributed by atoms with Crippen LogP contribution in [0.15, 0.2) is 30.6 Å². The summed E-state index contributed by atoms with van der Waals surface area (Å²) in [5, 5.41) is 11.7. The Balaban J connectivity index is 2.17. The molecule has 6 heteroatoms. The lowest BCUT2D eigenvalue weighted by atomic mass is 10.3. The van der Waals surface area contributed by atoms with Crippen LogP contribution in [0.2, 0.25) is 0 Å². The number of nitrogens with zero attached hydrogens (tertiary/aromatic N) is 1. The number of pyridine rings is 1. The van der Waals surface area contributed by atoms with Crippen molar-refractivity contribution < 1.29 is 14.3 Å². The third kappa shape index (κ3) is 2.00. The standard InChI is InChI=1S/C10H8FN3O2/c11-6-4-7(13-5-6)10(16)14-9-8(15)2-1-3-12-9/h1-5,13,15H,(H,12,14,16). The number of amides is 1. The second kappa shape index (κ2) is 4.01. The Hall–Kier alpha value is -2.37. The van der Waals surface area contributed by atoms with E-state index in [1.807, 2.05) is 0 Å². The normalized spacial score (nSPS) is 10.1. The monoisotopic (exact) mass is 221 g/mol. The lowest BCUT2D eigenvalue weighted by Crippen LogP contribution is -2.13. The van der Waals surface area contributed by atoms with Crippen molar-refractivity contribution in [3.05, 3.63) is 42.1 Å². The molecule has 0 aliphatic carbocycles. The van der Waals surface area contributed by atoms with Crippen molar-refractivity contribution in [3.63, 3.8) is 0 Å². The highest BCUT2D eigenvalue weighted by molar-refractivity contribution is 6.03. The minimum absolute atomic E-state index is 0.0301. The highest BCUT2D eigenvalue weighted by atomic mass is 19.1. The number of rotatable bonds is 2. The largest absolute Gasteiger partial charge is 0.504 e. The van der Waals surface area contributed by atoms with Crippen LogP contribution in [0, 0.1) is 5.82 Å². The Morgan fingerprint density at radius 1 is 1.56 bits per heavy atom. The van der Waals surface area contributed by atoms with Crippen LogP contribution in [0.5, 0.6) is 5.75 Å². The van der Waals surface area contributed by atoms with Gasteiger partial charge in [-0.1, -0.05) is 0 Å². The Kier molecular flexibility index (Phi) is 2.55. The maximum Gasteiger partial charge on any atom is 0.273 e. The van der Waals surface area contributed by atoms with Crippen LogP contribution < -0.4 is 5.32 Å². The quantitative estimate of drug-likeness (QED) is 0.719. The number of aromatic hydroxyl groups is 1. The molecule has 16 heavy (non-hydrogen) atoms. The van der Waals surface area contributed by atoms with Gasteiger partial charge in [-0.25, -0.2) is 9.37 Å². The van der Waals surface area contributed by atoms with Crippen molar-refractivity contribution >= 4 is 11.7 Å². The minimum atomic E-state index is -0.571. The first-order valence-electron chi connectivity index (χ1n) is 4.46. The number of carbonyl (C=O) groups is 1. The van der Waals surface area contributed by atoms with E-state index in [0.717, 1.165) is 12.3 Å². The molecule has 0 atom stereocenters. The van der Waals surface area contributed by atoms with Crippen LogP contribution in [0.3, 0.4) is 0 Å². The zero-order valence-electron chi connectivity index (χ0n) is 8.07. The van der Waals surface area contributed by atoms with Crippen molar-refractivity contribution in [3.8, 4) is 5.75 Å². The molecule has 0 spiro atoms. The summed E-state index contributed by atoms with van der Waals surface area (Å²) in [4.78, 5) is 17.7. The van der Waals surface area contributed by atoms with Crippen molar-refractivity contribution in [2.24, 2.45) is 0 Å². The smallest absolute Gasteiger partial charge is 0.273 e. The molecule has 0 aromatic carbocycles. The van der Waals surface area contributed by atoms with Gasteiger partial charge in [0, 0.05) is 18.5 Å². The van der Waals surface area contributed by atoms with Crippen molar-refractivity contribution in [1.29, 1.82) is 0 Å². The van der Waals surface area contributed by atoms with Gasteiger partial charge < -0.3 is 15.4 Å². The van der Waals surface area contributed by atoms with Crippen LogP contribution >= 0.6 is 0 Å². The third-order valence-electron chi connectivity index (χ3n) is 1.91. The molecule has 0 radical (unpaired) electrons. The van der Waals surface area contributed by atoms with Crippen molar-refractivity contribution in [1.82, 2.24) is 9.97 Å². The average molecular weight is 221 g/mol. The van der Waals surface area contributed by atoms with Gasteiger partial charge in [0.25, 0.3) is 5.91 Å². The molecule has 0 aliphatic heterocycles. The number of aromatic amines is 1. The van der Waals surface area contributed by atoms with Crippen LogP contribution in [0.25, 0.3) is 0 Å². The predicted octanol–water partition coefficient (Wildman–Crippen LogP) is 1.51. The van der Waals surface area contributed by atoms with Crippen molar-refractivity contribution in [2.75, 3.05) is 5.32 Å². The number of hydrogen-bond donors (Lipinski definition) is 3. The van der Waals surface area contributed by atoms with Gasteiger partial charge >= 0.3 is 0 Å². The Bertz CT molecular complexity index is 524. The van der Waals surface area contributed by atoms with Gasteiger partial charge in [-0.15, -0.1) is 0 Å². The number of aromatic nitrogens is 2. The zero-order chi connectivity index (χ0) is 11.5. The summed E-state index contributed by atoms with van der Waals surface area (Å²) in [5.41, 5.74) is 0.0579. The minimum Gasteiger partial charge on any atom is -0.504 e. The van der Waals surface area contributed by atoms with Crippen LogP contribution in [-0.4, -0.2) is 21.0 Å². The van der Waals surface area contributed by atoms with E-state index in [1.54, 1.807) is 0 Å². The molecule has 3 N–H and O–H groups in total. The molecule has 0 saturated carbocycles. The predicted molar refractivity (Wildman–Crippen MR) is 54.6 cm³/mol. The van der Waals surface area contributed by atoms with Gasteiger partial charge in [-0.05, 0) is 12.1 Å². The Morgan fingerprint density at radius 3 is 3.00 bits per heavy atom. The summed E-state index contributed by atoms with van der Waals surface area (Å²) >= 11 is 0. The van der Waals surface area contributed by atoms with Gasteiger partial charge in [0.05, 0.1) is 0 Å². The van der Waals surface area contributed by atoms with E-state index >= 15 is 0 Å². The van der Waals surface area contributed by atoms with E-state index in [1.165, 1.54) is 18.3 Å². The molecule has 0 bridgehead atoms. The van der Waals surface area contributed by atoms with Crippen LogP contribution in [0.1, 0.15) is 10.5 Å². The number of carbonyl (C=O) groups excluding carboxylic acids is 1. The Morgan fingerprint density at radius 2 is 2.38 bits per heavy atom. The third-order valence-corrected chi connectivity index (χ3v) is 1.91. The highest BCUT2D eigenvalue weighted by Gasteiger charge is 2.11. The fourth-order valence-corrected chi connectivity index (χ4v) is 1.17. The molecule has 2 aromatic rings. The average Bonchev–Trinajstić information content (AvgIpc) is 2.68. The van der Waals surface area contributed by atoms with Gasteiger partial charge in [0.2, 0.25) is 0 Å². The molecule has 2 aromatic heterocycles.